The molecule has 0 aliphatic rings. The van der Waals surface area contributed by atoms with Crippen LogP contribution in [0.25, 0.3) is 0 Å². The lowest BCUT2D eigenvalue weighted by molar-refractivity contribution is 0.288. The normalized spacial score (nSPS) is 12.3. The molecule has 0 radical (unpaired) electrons. The number of nitrogens with one attached hydrogen (secondary N) is 2. The predicted octanol–water partition coefficient (Wildman–Crippen LogP) is 25.8. The van der Waals surface area contributed by atoms with Crippen molar-refractivity contribution in [1.29, 1.82) is 10.5 Å². The minimum atomic E-state index is -0.305. The smallest absolute Gasteiger partial charge is 0.148 e. The molecule has 0 aliphatic heterocycles. The lowest BCUT2D eigenvalue weighted by Crippen LogP contribution is -2.25. The minimum absolute atomic E-state index is 0.197. The first-order valence-electron chi connectivity index (χ1n) is 38.3. The van der Waals surface area contributed by atoms with E-state index in [2.05, 4.69) is 74.7 Å². The van der Waals surface area contributed by atoms with Gasteiger partial charge in [0.1, 0.15) is 46.5 Å². The molecule has 8 nitrogen and oxygen atoms in total. The van der Waals surface area contributed by atoms with Crippen molar-refractivity contribution in [2.24, 2.45) is 0 Å². The summed E-state index contributed by atoms with van der Waals surface area (Å²) in [5.41, 5.74) is 2.28. The van der Waals surface area contributed by atoms with Crippen molar-refractivity contribution in [2.45, 2.75) is 388 Å². The van der Waals surface area contributed by atoms with Crippen molar-refractivity contribution in [2.75, 3.05) is 26.4 Å². The number of nitriles is 2. The fourth-order valence-electron chi connectivity index (χ4n) is 12.2. The molecule has 0 saturated heterocycles. The Balaban J connectivity index is 2.10. The van der Waals surface area contributed by atoms with E-state index in [1.807, 2.05) is 26.0 Å². The van der Waals surface area contributed by atoms with E-state index in [0.29, 0.717) is 26.4 Å². The first-order valence-corrected chi connectivity index (χ1v) is 38.3. The lowest BCUT2D eigenvalue weighted by Gasteiger charge is -2.21. The topological polar surface area (TPSA) is 109 Å². The average molecular weight is 1220 g/mol. The number of nitrogens with zero attached hydrogens (tertiary/aromatic N) is 2. The molecular formula is C80H140N4O4. The maximum absolute atomic E-state index is 10.7. The number of hydrogen-bond acceptors (Lipinski definition) is 8. The fourth-order valence-corrected chi connectivity index (χ4v) is 12.2. The summed E-state index contributed by atoms with van der Waals surface area (Å²) < 4.78 is 25.8. The van der Waals surface area contributed by atoms with E-state index in [4.69, 9.17) is 18.9 Å². The lowest BCUT2D eigenvalue weighted by atomic mass is 10.0. The Morgan fingerprint density at radius 2 is 0.432 bits per heavy atom. The molecule has 0 bridgehead atoms. The molecule has 2 aromatic rings. The Kier molecular flexibility index (Phi) is 55.1. The van der Waals surface area contributed by atoms with Crippen LogP contribution < -0.4 is 29.6 Å². The van der Waals surface area contributed by atoms with E-state index < -0.39 is 0 Å². The average Bonchev–Trinajstić information content (AvgIpc) is 2.25. The summed E-state index contributed by atoms with van der Waals surface area (Å²) in [4.78, 5) is 0. The third-order valence-corrected chi connectivity index (χ3v) is 18.1. The molecule has 0 saturated carbocycles. The van der Waals surface area contributed by atoms with Crippen LogP contribution in [0.2, 0.25) is 0 Å². The second-order valence-corrected chi connectivity index (χ2v) is 26.5. The third kappa shape index (κ3) is 46.1. The van der Waals surface area contributed by atoms with Crippen LogP contribution in [0, 0.1) is 22.7 Å². The molecule has 0 heterocycles. The summed E-state index contributed by atoms with van der Waals surface area (Å²) >= 11 is 0. The van der Waals surface area contributed by atoms with Gasteiger partial charge in [0.05, 0.1) is 26.4 Å². The molecule has 2 aromatic carbocycles. The van der Waals surface area contributed by atoms with E-state index in [0.717, 1.165) is 59.8 Å². The van der Waals surface area contributed by atoms with Crippen LogP contribution in [0.15, 0.2) is 47.8 Å². The Morgan fingerprint density at radius 1 is 0.273 bits per heavy atom. The Bertz CT molecular complexity index is 1750. The summed E-state index contributed by atoms with van der Waals surface area (Å²) in [6.07, 6.45) is 68.4. The number of ether oxygens (including phenoxy) is 4. The number of rotatable bonds is 66. The third-order valence-electron chi connectivity index (χ3n) is 18.1. The van der Waals surface area contributed by atoms with Crippen LogP contribution in [-0.2, 0) is 0 Å². The van der Waals surface area contributed by atoms with Crippen LogP contribution in [0.5, 0.6) is 23.0 Å². The summed E-state index contributed by atoms with van der Waals surface area (Å²) in [5, 5.41) is 28.2. The van der Waals surface area contributed by atoms with Gasteiger partial charge < -0.3 is 29.6 Å². The molecule has 88 heavy (non-hydrogen) atoms. The summed E-state index contributed by atoms with van der Waals surface area (Å²) in [5.74, 6) is 3.12. The standard InChI is InChI=1S/C80H140N4O4/c1-7-11-15-19-23-27-31-35-39-43-47-51-55-59-85-75-63-73(64-76(67-75)86-60-56-52-48-44-40-36-32-28-24-20-16-12-8-2)71(5)83-79(69-81)80(70-82)84-72(6)74-65-77(87-61-57-53-49-45-41-37-33-29-25-21-17-13-9-3)68-78(66-74)88-62-58-54-50-46-42-38-34-30-26-22-18-14-10-4/h63-68,71-72,83-84H,7-62H2,1-6H3/b80-79-. The Labute approximate surface area is 545 Å². The van der Waals surface area contributed by atoms with Gasteiger partial charge in [0.2, 0.25) is 0 Å². The second kappa shape index (κ2) is 60.5. The van der Waals surface area contributed by atoms with Gasteiger partial charge in [-0.2, -0.15) is 10.5 Å². The first kappa shape index (κ1) is 80.1. The van der Waals surface area contributed by atoms with Crippen molar-refractivity contribution >= 4 is 0 Å². The van der Waals surface area contributed by atoms with E-state index in [-0.39, 0.29) is 23.5 Å². The van der Waals surface area contributed by atoms with E-state index in [1.165, 1.54) is 308 Å². The van der Waals surface area contributed by atoms with Crippen LogP contribution in [0.1, 0.15) is 399 Å². The second-order valence-electron chi connectivity index (χ2n) is 26.5. The molecule has 0 aliphatic carbocycles. The van der Waals surface area contributed by atoms with Gasteiger partial charge in [-0.05, 0) is 74.9 Å². The molecule has 2 atom stereocenters. The number of hydrogen-bond donors (Lipinski definition) is 2. The van der Waals surface area contributed by atoms with Crippen LogP contribution in [0.3, 0.4) is 0 Å². The summed E-state index contributed by atoms with van der Waals surface area (Å²) in [6, 6.07) is 16.4. The summed E-state index contributed by atoms with van der Waals surface area (Å²) in [7, 11) is 0. The molecule has 0 fully saturated rings. The highest BCUT2D eigenvalue weighted by Crippen LogP contribution is 2.31. The molecule has 2 rings (SSSR count). The van der Waals surface area contributed by atoms with E-state index >= 15 is 0 Å². The monoisotopic (exact) mass is 1220 g/mol. The van der Waals surface area contributed by atoms with E-state index in [9.17, 15) is 10.5 Å². The van der Waals surface area contributed by atoms with Gasteiger partial charge in [-0.25, -0.2) is 0 Å². The van der Waals surface area contributed by atoms with Crippen molar-refractivity contribution in [1.82, 2.24) is 10.6 Å². The molecule has 0 spiro atoms. The van der Waals surface area contributed by atoms with Gasteiger partial charge in [0.15, 0.2) is 0 Å². The Hall–Kier alpha value is -4.04. The SMILES string of the molecule is CCCCCCCCCCCCCCCOc1cc(OCCCCCCCCCCCCCCC)cc(C(C)N/C(C#N)=C(/C#N)NC(C)c2cc(OCCCCCCCCCCCCCCC)cc(OCCCCCCCCCCCCCCC)c2)c1. The molecule has 2 N–H and O–H groups in total. The number of allylic oxidation sites excluding steroid dienone is 2. The number of benzene rings is 2. The van der Waals surface area contributed by atoms with Crippen molar-refractivity contribution < 1.29 is 18.9 Å². The molecule has 8 heteroatoms. The maximum Gasteiger partial charge on any atom is 0.148 e. The molecule has 2 unspecified atom stereocenters. The van der Waals surface area contributed by atoms with Gasteiger partial charge in [-0.15, -0.1) is 0 Å². The molecule has 0 aromatic heterocycles. The zero-order chi connectivity index (χ0) is 63.3. The largest absolute Gasteiger partial charge is 0.493 e. The van der Waals surface area contributed by atoms with Crippen molar-refractivity contribution in [3.8, 4) is 35.1 Å². The highest BCUT2D eigenvalue weighted by atomic mass is 16.5. The summed E-state index contributed by atoms with van der Waals surface area (Å²) in [6.45, 7) is 15.9. The van der Waals surface area contributed by atoms with Gasteiger partial charge in [0.25, 0.3) is 0 Å². The maximum atomic E-state index is 10.7. The molecular weight excluding hydrogens is 1080 g/mol. The van der Waals surface area contributed by atoms with Crippen LogP contribution in [-0.4, -0.2) is 26.4 Å². The zero-order valence-corrected chi connectivity index (χ0v) is 58.7. The van der Waals surface area contributed by atoms with Crippen LogP contribution in [0.4, 0.5) is 0 Å². The highest BCUT2D eigenvalue weighted by Gasteiger charge is 2.18. The van der Waals surface area contributed by atoms with Gasteiger partial charge in [0, 0.05) is 24.2 Å². The van der Waals surface area contributed by atoms with Crippen LogP contribution >= 0.6 is 0 Å². The van der Waals surface area contributed by atoms with Gasteiger partial charge in [-0.3, -0.25) is 0 Å². The molecule has 0 amide bonds. The Morgan fingerprint density at radius 3 is 0.591 bits per heavy atom. The zero-order valence-electron chi connectivity index (χ0n) is 58.7. The number of unbranched alkanes of at least 4 members (excludes halogenated alkanes) is 48. The minimum Gasteiger partial charge on any atom is -0.493 e. The fraction of sp³-hybridized carbons (Fsp3) is 0.800. The predicted molar refractivity (Wildman–Crippen MR) is 379 cm³/mol. The van der Waals surface area contributed by atoms with E-state index in [1.54, 1.807) is 0 Å². The first-order chi connectivity index (χ1) is 43.4. The van der Waals surface area contributed by atoms with Crippen molar-refractivity contribution in [3.05, 3.63) is 58.9 Å². The quantitative estimate of drug-likeness (QED) is 0.0498. The van der Waals surface area contributed by atoms with Crippen molar-refractivity contribution in [3.63, 3.8) is 0 Å². The van der Waals surface area contributed by atoms with Gasteiger partial charge in [-0.1, -0.05) is 336 Å². The van der Waals surface area contributed by atoms with Gasteiger partial charge >= 0.3 is 0 Å². The highest BCUT2D eigenvalue weighted by molar-refractivity contribution is 5.43. The molecule has 504 valence electrons.